The molecule has 1 saturated heterocycles. The first-order valence-corrected chi connectivity index (χ1v) is 8.78. The van der Waals surface area contributed by atoms with Crippen molar-refractivity contribution in [2.45, 2.75) is 13.0 Å². The van der Waals surface area contributed by atoms with Gasteiger partial charge in [0.1, 0.15) is 10.7 Å². The number of morpholine rings is 1. The van der Waals surface area contributed by atoms with Gasteiger partial charge < -0.3 is 10.1 Å². The van der Waals surface area contributed by atoms with Gasteiger partial charge in [-0.3, -0.25) is 9.69 Å². The fourth-order valence-corrected chi connectivity index (χ4v) is 3.54. The molecular weight excluding hydrogens is 329 g/mol. The molecule has 1 aliphatic heterocycles. The Labute approximate surface area is 144 Å². The second-order valence-electron chi connectivity index (χ2n) is 5.69. The van der Waals surface area contributed by atoms with Crippen LogP contribution >= 0.6 is 11.3 Å². The van der Waals surface area contributed by atoms with E-state index in [-0.39, 0.29) is 17.8 Å². The Balaban J connectivity index is 1.73. The summed E-state index contributed by atoms with van der Waals surface area (Å²) in [5.41, 5.74) is 3.39. The molecule has 1 aliphatic rings. The van der Waals surface area contributed by atoms with Crippen LogP contribution in [0, 0.1) is 12.7 Å². The molecule has 1 amide bonds. The van der Waals surface area contributed by atoms with Crippen LogP contribution in [0.4, 0.5) is 4.39 Å². The zero-order valence-corrected chi connectivity index (χ0v) is 14.3. The quantitative estimate of drug-likeness (QED) is 0.901. The molecule has 1 fully saturated rings. The number of rotatable bonds is 5. The second-order valence-corrected chi connectivity index (χ2v) is 6.55. The number of aromatic nitrogens is 1. The van der Waals surface area contributed by atoms with E-state index in [9.17, 15) is 9.18 Å². The summed E-state index contributed by atoms with van der Waals surface area (Å²) in [6.45, 7) is 5.20. The van der Waals surface area contributed by atoms with Crippen LogP contribution in [0.25, 0.3) is 0 Å². The molecule has 1 atom stereocenters. The Morgan fingerprint density at radius 1 is 1.38 bits per heavy atom. The third kappa shape index (κ3) is 3.98. The second kappa shape index (κ2) is 7.83. The number of benzene rings is 1. The van der Waals surface area contributed by atoms with Crippen LogP contribution in [-0.4, -0.2) is 48.6 Å². The van der Waals surface area contributed by atoms with Gasteiger partial charge in [0, 0.05) is 19.6 Å². The minimum atomic E-state index is -0.260. The highest BCUT2D eigenvalue weighted by molar-refractivity contribution is 7.11. The van der Waals surface area contributed by atoms with Crippen LogP contribution in [0.3, 0.4) is 0 Å². The molecule has 2 aromatic rings. The molecule has 0 unspecified atom stereocenters. The number of hydrogen-bond acceptors (Lipinski definition) is 5. The lowest BCUT2D eigenvalue weighted by atomic mass is 10.0. The lowest BCUT2D eigenvalue weighted by Gasteiger charge is -2.34. The lowest BCUT2D eigenvalue weighted by Crippen LogP contribution is -2.43. The molecule has 0 aliphatic carbocycles. The average Bonchev–Trinajstić information content (AvgIpc) is 3.03. The topological polar surface area (TPSA) is 54.5 Å². The SMILES string of the molecule is Cc1ncsc1C(=O)NC[C@@H](c1ccc(F)cc1)N1CCOCC1. The Morgan fingerprint density at radius 3 is 2.71 bits per heavy atom. The van der Waals surface area contributed by atoms with Gasteiger partial charge in [-0.05, 0) is 24.6 Å². The molecule has 1 aromatic heterocycles. The highest BCUT2D eigenvalue weighted by atomic mass is 32.1. The molecule has 1 N–H and O–H groups in total. The van der Waals surface area contributed by atoms with E-state index in [0.717, 1.165) is 24.3 Å². The van der Waals surface area contributed by atoms with E-state index in [1.54, 1.807) is 17.6 Å². The first-order chi connectivity index (χ1) is 11.6. The Kier molecular flexibility index (Phi) is 5.55. The van der Waals surface area contributed by atoms with Gasteiger partial charge in [-0.25, -0.2) is 9.37 Å². The van der Waals surface area contributed by atoms with Gasteiger partial charge >= 0.3 is 0 Å². The number of hydrogen-bond donors (Lipinski definition) is 1. The molecule has 24 heavy (non-hydrogen) atoms. The van der Waals surface area contributed by atoms with Gasteiger partial charge in [-0.1, -0.05) is 12.1 Å². The van der Waals surface area contributed by atoms with Gasteiger partial charge in [0.2, 0.25) is 0 Å². The number of ether oxygens (including phenoxy) is 1. The zero-order valence-electron chi connectivity index (χ0n) is 13.5. The molecule has 0 saturated carbocycles. The summed E-state index contributed by atoms with van der Waals surface area (Å²) in [6.07, 6.45) is 0. The predicted molar refractivity (Wildman–Crippen MR) is 90.7 cm³/mol. The highest BCUT2D eigenvalue weighted by Gasteiger charge is 2.24. The van der Waals surface area contributed by atoms with Crippen molar-refractivity contribution in [1.82, 2.24) is 15.2 Å². The van der Waals surface area contributed by atoms with Gasteiger partial charge in [0.15, 0.2) is 0 Å². The molecular formula is C17H20FN3O2S. The maximum atomic E-state index is 13.2. The summed E-state index contributed by atoms with van der Waals surface area (Å²) in [5.74, 6) is -0.376. The van der Waals surface area contributed by atoms with E-state index in [0.29, 0.717) is 24.6 Å². The molecule has 0 radical (unpaired) electrons. The van der Waals surface area contributed by atoms with E-state index >= 15 is 0 Å². The zero-order chi connectivity index (χ0) is 16.9. The summed E-state index contributed by atoms with van der Waals surface area (Å²) < 4.78 is 18.6. The number of nitrogens with one attached hydrogen (secondary N) is 1. The number of thiazole rings is 1. The fourth-order valence-electron chi connectivity index (χ4n) is 2.82. The normalized spacial score (nSPS) is 16.8. The summed E-state index contributed by atoms with van der Waals surface area (Å²) in [4.78, 5) is 19.4. The van der Waals surface area contributed by atoms with Crippen molar-refractivity contribution in [1.29, 1.82) is 0 Å². The molecule has 5 nitrogen and oxygen atoms in total. The number of amides is 1. The van der Waals surface area contributed by atoms with Crippen LogP contribution in [-0.2, 0) is 4.74 Å². The minimum Gasteiger partial charge on any atom is -0.379 e. The van der Waals surface area contributed by atoms with Crippen molar-refractivity contribution in [3.63, 3.8) is 0 Å². The summed E-state index contributed by atoms with van der Waals surface area (Å²) in [7, 11) is 0. The average molecular weight is 349 g/mol. The molecule has 2 heterocycles. The number of aryl methyl sites for hydroxylation is 1. The number of carbonyl (C=O) groups is 1. The summed E-state index contributed by atoms with van der Waals surface area (Å²) in [6, 6.07) is 6.46. The predicted octanol–water partition coefficient (Wildman–Crippen LogP) is 2.39. The fraction of sp³-hybridized carbons (Fsp3) is 0.412. The summed E-state index contributed by atoms with van der Waals surface area (Å²) >= 11 is 1.34. The van der Waals surface area contributed by atoms with Gasteiger partial charge in [-0.2, -0.15) is 0 Å². The molecule has 3 rings (SSSR count). The van der Waals surface area contributed by atoms with Crippen molar-refractivity contribution in [3.8, 4) is 0 Å². The number of nitrogens with zero attached hydrogens (tertiary/aromatic N) is 2. The lowest BCUT2D eigenvalue weighted by molar-refractivity contribution is 0.0162. The maximum Gasteiger partial charge on any atom is 0.263 e. The number of halogens is 1. The van der Waals surface area contributed by atoms with E-state index < -0.39 is 0 Å². The van der Waals surface area contributed by atoms with E-state index in [1.165, 1.54) is 23.5 Å². The summed E-state index contributed by atoms with van der Waals surface area (Å²) in [5, 5.41) is 2.99. The standard InChI is InChI=1S/C17H20FN3O2S/c1-12-16(24-11-20-12)17(22)19-10-15(21-6-8-23-9-7-21)13-2-4-14(18)5-3-13/h2-5,11,15H,6-10H2,1H3,(H,19,22)/t15-/m0/s1. The third-order valence-electron chi connectivity index (χ3n) is 4.15. The third-order valence-corrected chi connectivity index (χ3v) is 5.08. The Morgan fingerprint density at radius 2 is 2.08 bits per heavy atom. The van der Waals surface area contributed by atoms with E-state index in [2.05, 4.69) is 15.2 Å². The maximum absolute atomic E-state index is 13.2. The molecule has 0 spiro atoms. The van der Waals surface area contributed by atoms with E-state index in [4.69, 9.17) is 4.74 Å². The molecule has 0 bridgehead atoms. The van der Waals surface area contributed by atoms with Crippen LogP contribution in [0.15, 0.2) is 29.8 Å². The first-order valence-electron chi connectivity index (χ1n) is 7.90. The Hall–Kier alpha value is -1.83. The van der Waals surface area contributed by atoms with E-state index in [1.807, 2.05) is 6.92 Å². The molecule has 7 heteroatoms. The molecule has 1 aromatic carbocycles. The van der Waals surface area contributed by atoms with Crippen molar-refractivity contribution < 1.29 is 13.9 Å². The minimum absolute atomic E-state index is 0.00771. The van der Waals surface area contributed by atoms with Crippen LogP contribution < -0.4 is 5.32 Å². The Bertz CT molecular complexity index is 683. The number of carbonyl (C=O) groups excluding carboxylic acids is 1. The van der Waals surface area contributed by atoms with Crippen LogP contribution in [0.5, 0.6) is 0 Å². The van der Waals surface area contributed by atoms with Gasteiger partial charge in [-0.15, -0.1) is 11.3 Å². The monoisotopic (exact) mass is 349 g/mol. The van der Waals surface area contributed by atoms with Crippen LogP contribution in [0.2, 0.25) is 0 Å². The van der Waals surface area contributed by atoms with Gasteiger partial charge in [0.05, 0.1) is 30.5 Å². The van der Waals surface area contributed by atoms with Crippen molar-refractivity contribution in [2.75, 3.05) is 32.8 Å². The largest absolute Gasteiger partial charge is 0.379 e. The highest BCUT2D eigenvalue weighted by Crippen LogP contribution is 2.22. The van der Waals surface area contributed by atoms with Crippen molar-refractivity contribution in [3.05, 3.63) is 51.7 Å². The van der Waals surface area contributed by atoms with Crippen molar-refractivity contribution in [2.24, 2.45) is 0 Å². The van der Waals surface area contributed by atoms with Crippen molar-refractivity contribution >= 4 is 17.2 Å². The first kappa shape index (κ1) is 17.0. The molecule has 128 valence electrons. The van der Waals surface area contributed by atoms with Gasteiger partial charge in [0.25, 0.3) is 5.91 Å². The smallest absolute Gasteiger partial charge is 0.263 e. The van der Waals surface area contributed by atoms with Crippen LogP contribution in [0.1, 0.15) is 27.0 Å².